The van der Waals surface area contributed by atoms with E-state index in [1.807, 2.05) is 30.5 Å². The molecule has 0 saturated carbocycles. The first-order valence-corrected chi connectivity index (χ1v) is 7.34. The van der Waals surface area contributed by atoms with E-state index in [1.165, 1.54) is 0 Å². The van der Waals surface area contributed by atoms with Crippen LogP contribution in [0.15, 0.2) is 29.2 Å². The number of hydrogen-bond donors (Lipinski definition) is 3. The van der Waals surface area contributed by atoms with Crippen LogP contribution >= 0.6 is 11.8 Å². The second-order valence-corrected chi connectivity index (χ2v) is 5.43. The van der Waals surface area contributed by atoms with Crippen LogP contribution in [-0.2, 0) is 4.79 Å². The first kappa shape index (κ1) is 14.3. The van der Waals surface area contributed by atoms with Gasteiger partial charge in [-0.05, 0) is 18.4 Å². The van der Waals surface area contributed by atoms with Gasteiger partial charge in [-0.15, -0.1) is 11.8 Å². The molecule has 0 aromatic heterocycles. The van der Waals surface area contributed by atoms with Crippen LogP contribution in [0.4, 0.5) is 5.69 Å². The molecule has 1 aliphatic heterocycles. The fraction of sp³-hybridized carbons (Fsp3) is 0.462. The highest BCUT2D eigenvalue weighted by Crippen LogP contribution is 2.24. The Morgan fingerprint density at radius 2 is 2.00 bits per heavy atom. The minimum absolute atomic E-state index is 0.136. The fourth-order valence-corrected chi connectivity index (χ4v) is 2.67. The van der Waals surface area contributed by atoms with Gasteiger partial charge in [-0.1, -0.05) is 12.1 Å². The molecule has 2 rings (SSSR count). The van der Waals surface area contributed by atoms with E-state index in [-0.39, 0.29) is 12.5 Å². The Balaban J connectivity index is 1.91. The number of amides is 1. The van der Waals surface area contributed by atoms with Crippen LogP contribution in [0.3, 0.4) is 0 Å². The van der Waals surface area contributed by atoms with Gasteiger partial charge in [0.05, 0.1) is 24.4 Å². The first-order valence-electron chi connectivity index (χ1n) is 6.11. The number of aliphatic hydroxyl groups excluding tert-OH is 2. The lowest BCUT2D eigenvalue weighted by Gasteiger charge is -2.15. The lowest BCUT2D eigenvalue weighted by molar-refractivity contribution is -0.117. The number of β-amino-alcohol motifs (C(OH)–C–C–N with tert-alkyl or cyclic N) is 2. The largest absolute Gasteiger partial charge is 0.389 e. The number of benzene rings is 1. The smallest absolute Gasteiger partial charge is 0.238 e. The second kappa shape index (κ2) is 6.38. The molecule has 1 saturated heterocycles. The number of likely N-dealkylation sites (tertiary alicyclic amines) is 1. The van der Waals surface area contributed by atoms with E-state index >= 15 is 0 Å². The van der Waals surface area contributed by atoms with Crippen molar-refractivity contribution < 1.29 is 15.0 Å². The second-order valence-electron chi connectivity index (χ2n) is 4.58. The zero-order valence-corrected chi connectivity index (χ0v) is 11.6. The Kier molecular flexibility index (Phi) is 4.81. The van der Waals surface area contributed by atoms with Crippen LogP contribution in [0, 0.1) is 0 Å². The maximum Gasteiger partial charge on any atom is 0.238 e. The van der Waals surface area contributed by atoms with Gasteiger partial charge in [0.25, 0.3) is 0 Å². The molecule has 0 bridgehead atoms. The topological polar surface area (TPSA) is 72.8 Å². The van der Waals surface area contributed by atoms with Crippen LogP contribution in [0.5, 0.6) is 0 Å². The van der Waals surface area contributed by atoms with Gasteiger partial charge >= 0.3 is 0 Å². The van der Waals surface area contributed by atoms with E-state index in [0.29, 0.717) is 13.1 Å². The number of carbonyl (C=O) groups is 1. The minimum Gasteiger partial charge on any atom is -0.389 e. The lowest BCUT2D eigenvalue weighted by Crippen LogP contribution is -2.32. The predicted molar refractivity (Wildman–Crippen MR) is 75.3 cm³/mol. The average Bonchev–Trinajstić information content (AvgIpc) is 2.68. The molecule has 3 N–H and O–H groups in total. The Morgan fingerprint density at radius 1 is 1.37 bits per heavy atom. The van der Waals surface area contributed by atoms with Crippen LogP contribution in [-0.4, -0.2) is 59.1 Å². The van der Waals surface area contributed by atoms with Crippen molar-refractivity contribution in [1.29, 1.82) is 0 Å². The number of carbonyl (C=O) groups excluding carboxylic acids is 1. The molecule has 1 aromatic rings. The van der Waals surface area contributed by atoms with Crippen molar-refractivity contribution in [2.75, 3.05) is 31.2 Å². The maximum atomic E-state index is 11.9. The van der Waals surface area contributed by atoms with Crippen LogP contribution in [0.25, 0.3) is 0 Å². The molecule has 1 fully saturated rings. The number of hydrogen-bond acceptors (Lipinski definition) is 5. The minimum atomic E-state index is -0.758. The van der Waals surface area contributed by atoms with Crippen molar-refractivity contribution >= 4 is 23.4 Å². The van der Waals surface area contributed by atoms with Crippen LogP contribution in [0.2, 0.25) is 0 Å². The van der Waals surface area contributed by atoms with E-state index in [1.54, 1.807) is 16.7 Å². The molecule has 19 heavy (non-hydrogen) atoms. The van der Waals surface area contributed by atoms with Crippen molar-refractivity contribution in [2.24, 2.45) is 0 Å². The third-order valence-corrected chi connectivity index (χ3v) is 3.88. The first-order chi connectivity index (χ1) is 9.10. The molecular weight excluding hydrogens is 264 g/mol. The highest BCUT2D eigenvalue weighted by Gasteiger charge is 2.30. The maximum absolute atomic E-state index is 11.9. The molecule has 0 unspecified atom stereocenters. The Morgan fingerprint density at radius 3 is 2.63 bits per heavy atom. The van der Waals surface area contributed by atoms with Gasteiger partial charge in [-0.3, -0.25) is 9.69 Å². The molecule has 1 amide bonds. The van der Waals surface area contributed by atoms with Crippen LogP contribution in [0.1, 0.15) is 0 Å². The zero-order chi connectivity index (χ0) is 13.8. The monoisotopic (exact) mass is 282 g/mol. The molecule has 6 heteroatoms. The van der Waals surface area contributed by atoms with E-state index in [2.05, 4.69) is 5.32 Å². The summed E-state index contributed by atoms with van der Waals surface area (Å²) in [5, 5.41) is 21.7. The molecule has 0 spiro atoms. The Hall–Kier alpha value is -1.08. The molecule has 5 nitrogen and oxygen atoms in total. The van der Waals surface area contributed by atoms with Crippen molar-refractivity contribution in [3.05, 3.63) is 24.3 Å². The summed E-state index contributed by atoms with van der Waals surface area (Å²) < 4.78 is 0. The molecule has 1 heterocycles. The summed E-state index contributed by atoms with van der Waals surface area (Å²) in [7, 11) is 0. The number of nitrogens with zero attached hydrogens (tertiary/aromatic N) is 1. The lowest BCUT2D eigenvalue weighted by atomic mass is 10.3. The van der Waals surface area contributed by atoms with E-state index in [0.717, 1.165) is 10.6 Å². The highest BCUT2D eigenvalue weighted by molar-refractivity contribution is 7.98. The third kappa shape index (κ3) is 3.70. The summed E-state index contributed by atoms with van der Waals surface area (Å²) in [6.45, 7) is 0.842. The molecule has 0 aliphatic carbocycles. The number of nitrogens with one attached hydrogen (secondary N) is 1. The van der Waals surface area contributed by atoms with Crippen LogP contribution < -0.4 is 5.32 Å². The average molecular weight is 282 g/mol. The summed E-state index contributed by atoms with van der Waals surface area (Å²) in [6, 6.07) is 7.61. The van der Waals surface area contributed by atoms with Gasteiger partial charge < -0.3 is 15.5 Å². The molecule has 1 aliphatic rings. The van der Waals surface area contributed by atoms with Gasteiger partial charge in [0.1, 0.15) is 0 Å². The normalized spacial score (nSPS) is 23.5. The summed E-state index contributed by atoms with van der Waals surface area (Å²) in [5.41, 5.74) is 0.792. The molecular formula is C13H18N2O3S. The van der Waals surface area contributed by atoms with Gasteiger partial charge in [-0.25, -0.2) is 0 Å². The zero-order valence-electron chi connectivity index (χ0n) is 10.7. The number of anilines is 1. The van der Waals surface area contributed by atoms with Crippen molar-refractivity contribution in [2.45, 2.75) is 17.1 Å². The van der Waals surface area contributed by atoms with Gasteiger partial charge in [-0.2, -0.15) is 0 Å². The van der Waals surface area contributed by atoms with E-state index < -0.39 is 12.2 Å². The highest BCUT2D eigenvalue weighted by atomic mass is 32.2. The van der Waals surface area contributed by atoms with E-state index in [4.69, 9.17) is 0 Å². The molecule has 104 valence electrons. The number of para-hydroxylation sites is 1. The fourth-order valence-electron chi connectivity index (χ4n) is 2.12. The van der Waals surface area contributed by atoms with Gasteiger partial charge in [0, 0.05) is 18.0 Å². The van der Waals surface area contributed by atoms with E-state index in [9.17, 15) is 15.0 Å². The Bertz CT molecular complexity index is 445. The number of aliphatic hydroxyl groups is 2. The Labute approximate surface area is 116 Å². The summed E-state index contributed by atoms with van der Waals surface area (Å²) in [4.78, 5) is 14.7. The summed E-state index contributed by atoms with van der Waals surface area (Å²) >= 11 is 1.57. The molecule has 2 atom stereocenters. The van der Waals surface area contributed by atoms with Gasteiger partial charge in [0.2, 0.25) is 5.91 Å². The number of thioether (sulfide) groups is 1. The summed E-state index contributed by atoms with van der Waals surface area (Å²) in [5.74, 6) is -0.136. The quantitative estimate of drug-likeness (QED) is 0.697. The SMILES string of the molecule is CSc1ccccc1NC(=O)CN1C[C@@H](O)[C@@H](O)C1. The van der Waals surface area contributed by atoms with Crippen molar-refractivity contribution in [1.82, 2.24) is 4.90 Å². The molecule has 1 aromatic carbocycles. The van der Waals surface area contributed by atoms with Gasteiger partial charge in [0.15, 0.2) is 0 Å². The third-order valence-electron chi connectivity index (χ3n) is 3.08. The van der Waals surface area contributed by atoms with Crippen molar-refractivity contribution in [3.63, 3.8) is 0 Å². The number of rotatable bonds is 4. The summed E-state index contributed by atoms with van der Waals surface area (Å²) in [6.07, 6.45) is 0.440. The predicted octanol–water partition coefficient (Wildman–Crippen LogP) is 0.384. The van der Waals surface area contributed by atoms with Crippen molar-refractivity contribution in [3.8, 4) is 0 Å². The standard InChI is InChI=1S/C13H18N2O3S/c1-19-12-5-3-2-4-9(12)14-13(18)8-15-6-10(16)11(17)7-15/h2-5,10-11,16-17H,6-8H2,1H3,(H,14,18)/t10-,11+. The molecule has 0 radical (unpaired) electrons.